The fraction of sp³-hybridized carbons (Fsp3) is 0.667. The number of hydrogen-bond donors (Lipinski definition) is 2. The van der Waals surface area contributed by atoms with Gasteiger partial charge in [0.1, 0.15) is 22.9 Å². The van der Waals surface area contributed by atoms with Crippen LogP contribution in [0.1, 0.15) is 174 Å². The number of aromatic nitrogens is 4. The van der Waals surface area contributed by atoms with Crippen molar-refractivity contribution >= 4 is 76.5 Å². The summed E-state index contributed by atoms with van der Waals surface area (Å²) in [5, 5.41) is 1.08. The van der Waals surface area contributed by atoms with Gasteiger partial charge >= 0.3 is 33.3 Å². The molecule has 7 heterocycles. The van der Waals surface area contributed by atoms with E-state index in [1.54, 1.807) is 21.9 Å². The number of piperidine rings is 2. The Hall–Kier alpha value is -4.31. The van der Waals surface area contributed by atoms with Crippen LogP contribution in [-0.4, -0.2) is 134 Å². The molecule has 2 amide bonds. The number of benzene rings is 2. The number of rotatable bonds is 4. The monoisotopic (exact) mass is 1120 g/mol. The Kier molecular flexibility index (Phi) is 16.7. The van der Waals surface area contributed by atoms with Crippen LogP contribution in [0.4, 0.5) is 9.59 Å². The van der Waals surface area contributed by atoms with Crippen LogP contribution in [0.5, 0.6) is 0 Å². The maximum Gasteiger partial charge on any atom is 0.494 e. The highest BCUT2D eigenvalue weighted by molar-refractivity contribution is 9.10. The van der Waals surface area contributed by atoms with Gasteiger partial charge in [-0.1, -0.05) is 22.0 Å². The molecule has 0 aliphatic carbocycles. The second-order valence-electron chi connectivity index (χ2n) is 25.7. The molecule has 4 aromatic rings. The van der Waals surface area contributed by atoms with Gasteiger partial charge in [-0.3, -0.25) is 9.59 Å². The van der Waals surface area contributed by atoms with E-state index in [9.17, 15) is 19.2 Å². The molecule has 414 valence electrons. The summed E-state index contributed by atoms with van der Waals surface area (Å²) < 4.78 is 47.8. The van der Waals surface area contributed by atoms with E-state index < -0.39 is 43.5 Å². The number of aromatic amines is 2. The van der Waals surface area contributed by atoms with Crippen LogP contribution in [0.25, 0.3) is 21.8 Å². The average molecular weight is 1120 g/mol. The molecule has 18 nitrogen and oxygen atoms in total. The van der Waals surface area contributed by atoms with Crippen LogP contribution in [0, 0.1) is 0 Å². The van der Waals surface area contributed by atoms with Crippen molar-refractivity contribution < 1.29 is 47.0 Å². The minimum atomic E-state index is -0.532. The summed E-state index contributed by atoms with van der Waals surface area (Å²) in [7, 11) is -1.48. The zero-order valence-corrected chi connectivity index (χ0v) is 49.7. The van der Waals surface area contributed by atoms with Crippen molar-refractivity contribution in [3.63, 3.8) is 0 Å². The Labute approximate surface area is 457 Å². The Bertz CT molecular complexity index is 2820. The van der Waals surface area contributed by atoms with Crippen molar-refractivity contribution in [2.75, 3.05) is 26.2 Å². The summed E-state index contributed by atoms with van der Waals surface area (Å²) in [6.07, 6.45) is 2.38. The summed E-state index contributed by atoms with van der Waals surface area (Å²) in [4.78, 5) is 68.4. The van der Waals surface area contributed by atoms with Gasteiger partial charge in [0.15, 0.2) is 0 Å². The van der Waals surface area contributed by atoms with Crippen LogP contribution in [0.3, 0.4) is 0 Å². The third-order valence-electron chi connectivity index (χ3n) is 15.8. The zero-order valence-electron chi connectivity index (χ0n) is 48.1. The lowest BCUT2D eigenvalue weighted by Crippen LogP contribution is -2.41. The lowest BCUT2D eigenvalue weighted by atomic mass is 9.49. The molecule has 76 heavy (non-hydrogen) atoms. The smallest absolute Gasteiger partial charge is 0.444 e. The fourth-order valence-corrected chi connectivity index (χ4v) is 9.50. The summed E-state index contributed by atoms with van der Waals surface area (Å²) in [6, 6.07) is 11.1. The molecule has 5 fully saturated rings. The van der Waals surface area contributed by atoms with Gasteiger partial charge in [0, 0.05) is 42.5 Å². The van der Waals surface area contributed by atoms with Crippen LogP contribution >= 0.6 is 15.9 Å². The summed E-state index contributed by atoms with van der Waals surface area (Å²) in [5.41, 5.74) is -1.52. The van der Waals surface area contributed by atoms with Gasteiger partial charge in [-0.25, -0.2) is 19.6 Å². The van der Waals surface area contributed by atoms with Crippen molar-refractivity contribution in [2.24, 2.45) is 0 Å². The topological polar surface area (TPSA) is 206 Å². The largest absolute Gasteiger partial charge is 0.494 e. The lowest BCUT2D eigenvalue weighted by Gasteiger charge is -2.33. The van der Waals surface area contributed by atoms with E-state index in [1.165, 1.54) is 0 Å². The average Bonchev–Trinajstić information content (AvgIpc) is 3.77. The highest BCUT2D eigenvalue weighted by Crippen LogP contribution is 2.43. The van der Waals surface area contributed by atoms with Gasteiger partial charge in [0.2, 0.25) is 0 Å². The van der Waals surface area contributed by atoms with Gasteiger partial charge in [0.25, 0.3) is 11.1 Å². The number of carbonyl (C=O) groups is 2. The zero-order chi connectivity index (χ0) is 56.4. The molecule has 0 saturated carbocycles. The standard InChI is InChI=1S/C24H34BN3O5.C18H22BrN3O3.C12H24B2O4/c1-22(2,3)31-21(30)28-12-10-15(11-13-28)19-26-18-9-8-16(14-17(18)20(29)27-19)25-32-23(4,5)24(6,7)33-25;1-18(2,3)25-17(24)22-8-6-11(7-9-22)15-20-14-5-4-12(19)10-13(14)16(23)21-15;1-9(2)10(3,4)16-13(15-9)14-17-11(5,6)12(7,8)18-14/h8-9,14-15H,10-13H2,1-7H3,(H,26,27,29);4-5,10-11H,6-9H2,1-3H3,(H,20,21,23);1-8H3. The van der Waals surface area contributed by atoms with Gasteiger partial charge in [-0.05, 0) is 186 Å². The van der Waals surface area contributed by atoms with Crippen LogP contribution < -0.4 is 16.6 Å². The van der Waals surface area contributed by atoms with Gasteiger partial charge in [0.05, 0.1) is 55.4 Å². The van der Waals surface area contributed by atoms with Crippen LogP contribution in [0.2, 0.25) is 0 Å². The van der Waals surface area contributed by atoms with E-state index in [-0.39, 0.29) is 57.5 Å². The normalized spacial score (nSPS) is 22.0. The Balaban J connectivity index is 0.000000174. The van der Waals surface area contributed by atoms with E-state index >= 15 is 0 Å². The molecule has 5 aliphatic rings. The lowest BCUT2D eigenvalue weighted by molar-refractivity contribution is 0.00578. The first kappa shape index (κ1) is 59.4. The fourth-order valence-electron chi connectivity index (χ4n) is 9.14. The maximum atomic E-state index is 12.9. The highest BCUT2D eigenvalue weighted by atomic mass is 79.9. The molecule has 2 aromatic heterocycles. The molecule has 2 aromatic carbocycles. The predicted octanol–water partition coefficient (Wildman–Crippen LogP) is 9.39. The quantitative estimate of drug-likeness (QED) is 0.183. The number of ether oxygens (including phenoxy) is 2. The predicted molar refractivity (Wildman–Crippen MR) is 300 cm³/mol. The SMILES string of the molecule is CC(C)(C)OC(=O)N1CCC(c2nc3ccc(B4OC(C)(C)C(C)(C)O4)cc3c(=O)[nH]2)CC1.CC(C)(C)OC(=O)N1CCC(c2nc3ccc(Br)cc3c(=O)[nH]2)CC1.CC1(C)OB(B2OC(C)(C)C(C)(C)O2)OC1(C)C. The van der Waals surface area contributed by atoms with E-state index in [4.69, 9.17) is 42.4 Å². The van der Waals surface area contributed by atoms with Gasteiger partial charge < -0.3 is 57.2 Å². The second-order valence-corrected chi connectivity index (χ2v) is 26.6. The third kappa shape index (κ3) is 13.4. The van der Waals surface area contributed by atoms with Gasteiger partial charge in [-0.2, -0.15) is 0 Å². The second kappa shape index (κ2) is 21.4. The molecule has 22 heteroatoms. The number of likely N-dealkylation sites (tertiary alicyclic amines) is 2. The molecule has 0 atom stereocenters. The first-order valence-electron chi connectivity index (χ1n) is 26.6. The van der Waals surface area contributed by atoms with Crippen molar-refractivity contribution in [3.05, 3.63) is 73.2 Å². The Morgan fingerprint density at radius 3 is 1.24 bits per heavy atom. The number of nitrogens with one attached hydrogen (secondary N) is 2. The molecule has 2 N–H and O–H groups in total. The first-order valence-corrected chi connectivity index (χ1v) is 27.4. The maximum absolute atomic E-state index is 12.9. The van der Waals surface area contributed by atoms with Crippen molar-refractivity contribution in [1.29, 1.82) is 0 Å². The van der Waals surface area contributed by atoms with Crippen LogP contribution in [0.15, 0.2) is 50.5 Å². The molecule has 5 aliphatic heterocycles. The number of amides is 2. The summed E-state index contributed by atoms with van der Waals surface area (Å²) in [5.74, 6) is 1.59. The molecule has 0 bridgehead atoms. The first-order chi connectivity index (χ1) is 34.9. The van der Waals surface area contributed by atoms with E-state index in [0.717, 1.165) is 35.6 Å². The van der Waals surface area contributed by atoms with Crippen LogP contribution in [-0.2, 0) is 37.4 Å². The molecule has 0 radical (unpaired) electrons. The third-order valence-corrected chi connectivity index (χ3v) is 16.3. The van der Waals surface area contributed by atoms with Crippen molar-refractivity contribution in [3.8, 4) is 0 Å². The molecular formula is C54H80B3BrN6O12. The Morgan fingerprint density at radius 1 is 0.553 bits per heavy atom. The van der Waals surface area contributed by atoms with Crippen molar-refractivity contribution in [2.45, 2.75) is 207 Å². The van der Waals surface area contributed by atoms with Crippen molar-refractivity contribution in [1.82, 2.24) is 29.7 Å². The number of hydrogen-bond acceptors (Lipinski definition) is 14. The Morgan fingerprint density at radius 2 is 0.882 bits per heavy atom. The molecular weight excluding hydrogens is 1040 g/mol. The number of H-pyrrole nitrogens is 2. The number of nitrogens with zero attached hydrogens (tertiary/aromatic N) is 4. The van der Waals surface area contributed by atoms with E-state index in [0.29, 0.717) is 59.6 Å². The molecule has 9 rings (SSSR count). The van der Waals surface area contributed by atoms with E-state index in [1.807, 2.05) is 149 Å². The minimum Gasteiger partial charge on any atom is -0.444 e. The number of carbonyl (C=O) groups excluding carboxylic acids is 2. The molecule has 0 spiro atoms. The number of halogens is 1. The molecule has 0 unspecified atom stereocenters. The minimum absolute atomic E-state index is 0.0866. The summed E-state index contributed by atoms with van der Waals surface area (Å²) in [6.45, 7) is 37.7. The van der Waals surface area contributed by atoms with Gasteiger partial charge in [-0.15, -0.1) is 0 Å². The number of fused-ring (bicyclic) bond motifs is 2. The highest BCUT2D eigenvalue weighted by Gasteiger charge is 2.64. The summed E-state index contributed by atoms with van der Waals surface area (Å²) >= 11 is 3.37. The van der Waals surface area contributed by atoms with E-state index in [2.05, 4.69) is 30.9 Å². The molecule has 5 saturated heterocycles.